The van der Waals surface area contributed by atoms with E-state index in [-0.39, 0.29) is 18.4 Å². The van der Waals surface area contributed by atoms with Crippen molar-refractivity contribution in [1.82, 2.24) is 5.32 Å². The Morgan fingerprint density at radius 2 is 1.60 bits per heavy atom. The molecule has 0 aliphatic rings. The van der Waals surface area contributed by atoms with Crippen molar-refractivity contribution < 1.29 is 14.7 Å². The molecule has 2 rings (SSSR count). The van der Waals surface area contributed by atoms with Gasteiger partial charge >= 0.3 is 5.97 Å². The van der Waals surface area contributed by atoms with Gasteiger partial charge in [0.15, 0.2) is 0 Å². The number of nitrogens with one attached hydrogen (secondary N) is 1. The summed E-state index contributed by atoms with van der Waals surface area (Å²) in [5, 5.41) is 12.5. The molecule has 1 amide bonds. The molecule has 0 heterocycles. The molecule has 0 saturated carbocycles. The lowest BCUT2D eigenvalue weighted by molar-refractivity contribution is -0.143. The molecule has 2 N–H and O–H groups in total. The van der Waals surface area contributed by atoms with E-state index in [9.17, 15) is 14.7 Å². The molecule has 2 aromatic carbocycles. The Morgan fingerprint density at radius 3 is 2.12 bits per heavy atom. The zero-order valence-corrected chi connectivity index (χ0v) is 14.7. The van der Waals surface area contributed by atoms with Gasteiger partial charge < -0.3 is 10.4 Å². The van der Waals surface area contributed by atoms with Crippen LogP contribution in [0.2, 0.25) is 0 Å². The van der Waals surface area contributed by atoms with E-state index in [1.165, 1.54) is 0 Å². The Labute approximate surface area is 148 Å². The SMILES string of the molecule is CCC(CC(=O)NCC(C)(C(=O)O)c1ccccc1)c1ccccc1. The van der Waals surface area contributed by atoms with Crippen molar-refractivity contribution >= 4 is 11.9 Å². The van der Waals surface area contributed by atoms with Crippen LogP contribution in [0.25, 0.3) is 0 Å². The second-order valence-corrected chi connectivity index (χ2v) is 6.50. The predicted octanol–water partition coefficient (Wildman–Crippen LogP) is 3.73. The molecule has 0 aromatic heterocycles. The molecule has 2 unspecified atom stereocenters. The molecule has 0 saturated heterocycles. The summed E-state index contributed by atoms with van der Waals surface area (Å²) < 4.78 is 0. The summed E-state index contributed by atoms with van der Waals surface area (Å²) in [5.41, 5.74) is 0.660. The van der Waals surface area contributed by atoms with Gasteiger partial charge in [-0.1, -0.05) is 67.6 Å². The van der Waals surface area contributed by atoms with Gasteiger partial charge in [0.05, 0.1) is 0 Å². The third-order valence-corrected chi connectivity index (χ3v) is 4.72. The Kier molecular flexibility index (Phi) is 6.34. The molecule has 0 bridgehead atoms. The third kappa shape index (κ3) is 4.69. The molecular weight excluding hydrogens is 314 g/mol. The molecule has 2 atom stereocenters. The van der Waals surface area contributed by atoms with E-state index in [2.05, 4.69) is 12.2 Å². The monoisotopic (exact) mass is 339 g/mol. The van der Waals surface area contributed by atoms with E-state index in [0.717, 1.165) is 12.0 Å². The normalized spacial score (nSPS) is 14.3. The van der Waals surface area contributed by atoms with Gasteiger partial charge in [-0.25, -0.2) is 0 Å². The van der Waals surface area contributed by atoms with E-state index < -0.39 is 11.4 Å². The van der Waals surface area contributed by atoms with Gasteiger partial charge in [-0.2, -0.15) is 0 Å². The number of rotatable bonds is 8. The predicted molar refractivity (Wildman–Crippen MR) is 98.5 cm³/mol. The summed E-state index contributed by atoms with van der Waals surface area (Å²) in [6.07, 6.45) is 1.21. The van der Waals surface area contributed by atoms with Crippen LogP contribution in [-0.4, -0.2) is 23.5 Å². The number of hydrogen-bond acceptors (Lipinski definition) is 2. The van der Waals surface area contributed by atoms with E-state index in [1.54, 1.807) is 31.2 Å². The number of carboxylic acid groups (broad SMARTS) is 1. The van der Waals surface area contributed by atoms with Gasteiger partial charge in [-0.3, -0.25) is 9.59 Å². The van der Waals surface area contributed by atoms with E-state index in [1.807, 2.05) is 36.4 Å². The first kappa shape index (κ1) is 18.7. The van der Waals surface area contributed by atoms with Gasteiger partial charge in [-0.05, 0) is 30.4 Å². The van der Waals surface area contributed by atoms with Crippen molar-refractivity contribution in [3.63, 3.8) is 0 Å². The summed E-state index contributed by atoms with van der Waals surface area (Å²) in [6.45, 7) is 3.76. The van der Waals surface area contributed by atoms with Crippen LogP contribution >= 0.6 is 0 Å². The highest BCUT2D eigenvalue weighted by Gasteiger charge is 2.35. The van der Waals surface area contributed by atoms with Crippen LogP contribution in [0.3, 0.4) is 0 Å². The van der Waals surface area contributed by atoms with E-state index in [0.29, 0.717) is 12.0 Å². The van der Waals surface area contributed by atoms with Crippen LogP contribution in [0.4, 0.5) is 0 Å². The lowest BCUT2D eigenvalue weighted by Gasteiger charge is -2.26. The second kappa shape index (κ2) is 8.47. The number of hydrogen-bond donors (Lipinski definition) is 2. The van der Waals surface area contributed by atoms with Crippen LogP contribution < -0.4 is 5.32 Å². The van der Waals surface area contributed by atoms with Gasteiger partial charge in [0, 0.05) is 13.0 Å². The number of aliphatic carboxylic acids is 1. The summed E-state index contributed by atoms with van der Waals surface area (Å²) >= 11 is 0. The molecule has 0 aliphatic heterocycles. The van der Waals surface area contributed by atoms with Crippen LogP contribution in [0.5, 0.6) is 0 Å². The van der Waals surface area contributed by atoms with Crippen LogP contribution in [0.1, 0.15) is 43.7 Å². The highest BCUT2D eigenvalue weighted by molar-refractivity contribution is 5.83. The summed E-state index contributed by atoms with van der Waals surface area (Å²) in [7, 11) is 0. The fourth-order valence-electron chi connectivity index (χ4n) is 2.90. The van der Waals surface area contributed by atoms with Crippen molar-refractivity contribution in [3.8, 4) is 0 Å². The van der Waals surface area contributed by atoms with Crippen molar-refractivity contribution in [2.24, 2.45) is 0 Å². The zero-order chi connectivity index (χ0) is 18.3. The minimum absolute atomic E-state index is 0.0659. The van der Waals surface area contributed by atoms with Crippen LogP contribution in [0, 0.1) is 0 Å². The highest BCUT2D eigenvalue weighted by atomic mass is 16.4. The van der Waals surface area contributed by atoms with E-state index >= 15 is 0 Å². The molecule has 132 valence electrons. The van der Waals surface area contributed by atoms with Gasteiger partial charge in [0.1, 0.15) is 5.41 Å². The first-order chi connectivity index (χ1) is 12.0. The van der Waals surface area contributed by atoms with Crippen LogP contribution in [-0.2, 0) is 15.0 Å². The lowest BCUT2D eigenvalue weighted by Crippen LogP contribution is -2.44. The first-order valence-corrected chi connectivity index (χ1v) is 8.58. The Hall–Kier alpha value is -2.62. The number of benzene rings is 2. The maximum Gasteiger partial charge on any atom is 0.315 e. The zero-order valence-electron chi connectivity index (χ0n) is 14.7. The summed E-state index contributed by atoms with van der Waals surface area (Å²) in [6, 6.07) is 18.9. The molecule has 4 heteroatoms. The number of carbonyl (C=O) groups is 2. The fourth-order valence-corrected chi connectivity index (χ4v) is 2.90. The second-order valence-electron chi connectivity index (χ2n) is 6.50. The van der Waals surface area contributed by atoms with E-state index in [4.69, 9.17) is 0 Å². The molecule has 0 fully saturated rings. The maximum atomic E-state index is 12.4. The Balaban J connectivity index is 2.03. The fraction of sp³-hybridized carbons (Fsp3) is 0.333. The molecular formula is C21H25NO3. The highest BCUT2D eigenvalue weighted by Crippen LogP contribution is 2.25. The number of carbonyl (C=O) groups excluding carboxylic acids is 1. The minimum atomic E-state index is -1.15. The number of amides is 1. The van der Waals surface area contributed by atoms with Crippen molar-refractivity contribution in [2.45, 2.75) is 38.0 Å². The smallest absolute Gasteiger partial charge is 0.315 e. The molecule has 0 spiro atoms. The molecule has 4 nitrogen and oxygen atoms in total. The Morgan fingerprint density at radius 1 is 1.04 bits per heavy atom. The summed E-state index contributed by atoms with van der Waals surface area (Å²) in [4.78, 5) is 24.2. The van der Waals surface area contributed by atoms with Crippen LogP contribution in [0.15, 0.2) is 60.7 Å². The quantitative estimate of drug-likeness (QED) is 0.770. The summed E-state index contributed by atoms with van der Waals surface area (Å²) in [5.74, 6) is -0.942. The van der Waals surface area contributed by atoms with Gasteiger partial charge in [-0.15, -0.1) is 0 Å². The largest absolute Gasteiger partial charge is 0.481 e. The van der Waals surface area contributed by atoms with Crippen molar-refractivity contribution in [2.75, 3.05) is 6.54 Å². The molecule has 0 radical (unpaired) electrons. The maximum absolute atomic E-state index is 12.4. The van der Waals surface area contributed by atoms with Gasteiger partial charge in [0.25, 0.3) is 0 Å². The minimum Gasteiger partial charge on any atom is -0.481 e. The third-order valence-electron chi connectivity index (χ3n) is 4.72. The lowest BCUT2D eigenvalue weighted by atomic mass is 9.82. The topological polar surface area (TPSA) is 66.4 Å². The van der Waals surface area contributed by atoms with Gasteiger partial charge in [0.2, 0.25) is 5.91 Å². The molecule has 2 aromatic rings. The Bertz CT molecular complexity index is 700. The molecule has 25 heavy (non-hydrogen) atoms. The first-order valence-electron chi connectivity index (χ1n) is 8.58. The van der Waals surface area contributed by atoms with Crippen molar-refractivity contribution in [3.05, 3.63) is 71.8 Å². The standard InChI is InChI=1S/C21H25NO3/c1-3-16(17-10-6-4-7-11-17)14-19(23)22-15-21(2,20(24)25)18-12-8-5-9-13-18/h4-13,16H,3,14-15H2,1-2H3,(H,22,23)(H,24,25). The van der Waals surface area contributed by atoms with Crippen molar-refractivity contribution in [1.29, 1.82) is 0 Å². The average molecular weight is 339 g/mol. The average Bonchev–Trinajstić information content (AvgIpc) is 2.65. The molecule has 0 aliphatic carbocycles. The number of carboxylic acids is 1.